The fraction of sp³-hybridized carbons (Fsp3) is 0.857. The molecular weight excluding hydrogens is 264 g/mol. The molecule has 0 heterocycles. The normalized spacial score (nSPS) is 19.6. The van der Waals surface area contributed by atoms with E-state index in [0.29, 0.717) is 32.8 Å². The largest absolute Gasteiger partial charge is 0.481 e. The molecule has 0 aliphatic heterocycles. The topological polar surface area (TPSA) is 82.1 Å². The van der Waals surface area contributed by atoms with Crippen molar-refractivity contribution in [2.45, 2.75) is 32.1 Å². The first-order valence-corrected chi connectivity index (χ1v) is 7.20. The number of hydrogen-bond acceptors (Lipinski definition) is 5. The number of carboxylic acid groups (broad SMARTS) is 1. The van der Waals surface area contributed by atoms with Crippen LogP contribution in [0.15, 0.2) is 0 Å². The van der Waals surface area contributed by atoms with Gasteiger partial charge in [0.25, 0.3) is 0 Å². The van der Waals surface area contributed by atoms with Crippen LogP contribution in [0.1, 0.15) is 32.1 Å². The van der Waals surface area contributed by atoms with Crippen molar-refractivity contribution < 1.29 is 28.9 Å². The van der Waals surface area contributed by atoms with Crippen LogP contribution in [0.2, 0.25) is 0 Å². The van der Waals surface area contributed by atoms with Gasteiger partial charge in [-0.05, 0) is 32.1 Å². The minimum absolute atomic E-state index is 0.117. The molecule has 6 nitrogen and oxygen atoms in total. The van der Waals surface area contributed by atoms with E-state index >= 15 is 0 Å². The number of aliphatic carboxylic acids is 1. The van der Waals surface area contributed by atoms with Crippen LogP contribution in [0.3, 0.4) is 0 Å². The van der Waals surface area contributed by atoms with Gasteiger partial charge < -0.3 is 19.3 Å². The van der Waals surface area contributed by atoms with Crippen LogP contribution >= 0.6 is 0 Å². The standard InChI is InChI=1S/C14H22O6/c15-12(11-1-2-11)20-10-9-19-8-7-18-6-5-14(3-4-14)13(16)17/h11H,1-10H2,(H,16,17). The first-order chi connectivity index (χ1) is 9.64. The molecule has 0 aromatic carbocycles. The van der Waals surface area contributed by atoms with Crippen LogP contribution < -0.4 is 0 Å². The maximum absolute atomic E-state index is 11.2. The van der Waals surface area contributed by atoms with Crippen molar-refractivity contribution in [3.05, 3.63) is 0 Å². The summed E-state index contributed by atoms with van der Waals surface area (Å²) in [7, 11) is 0. The van der Waals surface area contributed by atoms with E-state index in [-0.39, 0.29) is 18.5 Å². The van der Waals surface area contributed by atoms with Crippen molar-refractivity contribution in [1.82, 2.24) is 0 Å². The lowest BCUT2D eigenvalue weighted by molar-refractivity contribution is -0.147. The molecule has 2 fully saturated rings. The van der Waals surface area contributed by atoms with E-state index in [1.165, 1.54) is 0 Å². The second-order valence-electron chi connectivity index (χ2n) is 5.50. The van der Waals surface area contributed by atoms with E-state index in [1.807, 2.05) is 0 Å². The van der Waals surface area contributed by atoms with Crippen molar-refractivity contribution in [3.8, 4) is 0 Å². The monoisotopic (exact) mass is 286 g/mol. The van der Waals surface area contributed by atoms with Gasteiger partial charge in [-0.2, -0.15) is 0 Å². The summed E-state index contributed by atoms with van der Waals surface area (Å²) in [5, 5.41) is 8.97. The zero-order valence-electron chi connectivity index (χ0n) is 11.6. The van der Waals surface area contributed by atoms with Crippen LogP contribution in [0.4, 0.5) is 0 Å². The summed E-state index contributed by atoms with van der Waals surface area (Å²) in [5.41, 5.74) is -0.516. The van der Waals surface area contributed by atoms with Crippen molar-refractivity contribution in [1.29, 1.82) is 0 Å². The number of rotatable bonds is 11. The highest BCUT2D eigenvalue weighted by Gasteiger charge is 2.49. The zero-order valence-corrected chi connectivity index (χ0v) is 11.6. The number of carboxylic acids is 1. The lowest BCUT2D eigenvalue weighted by Crippen LogP contribution is -2.18. The van der Waals surface area contributed by atoms with Gasteiger partial charge in [-0.3, -0.25) is 9.59 Å². The number of hydrogen-bond donors (Lipinski definition) is 1. The van der Waals surface area contributed by atoms with E-state index in [9.17, 15) is 9.59 Å². The molecule has 0 atom stereocenters. The highest BCUT2D eigenvalue weighted by Crippen LogP contribution is 2.48. The van der Waals surface area contributed by atoms with Crippen LogP contribution in [-0.2, 0) is 23.8 Å². The SMILES string of the molecule is O=C(OCCOCCOCCC1(C(=O)O)CC1)C1CC1. The molecular formula is C14H22O6. The Morgan fingerprint density at radius 2 is 1.60 bits per heavy atom. The van der Waals surface area contributed by atoms with Gasteiger partial charge in [-0.25, -0.2) is 0 Å². The molecule has 1 N–H and O–H groups in total. The molecule has 0 amide bonds. The van der Waals surface area contributed by atoms with Crippen LogP contribution in [-0.4, -0.2) is 50.1 Å². The molecule has 114 valence electrons. The van der Waals surface area contributed by atoms with Crippen molar-refractivity contribution in [3.63, 3.8) is 0 Å². The first kappa shape index (κ1) is 15.3. The van der Waals surface area contributed by atoms with Crippen LogP contribution in [0, 0.1) is 11.3 Å². The maximum Gasteiger partial charge on any atom is 0.309 e. The fourth-order valence-corrected chi connectivity index (χ4v) is 1.95. The fourth-order valence-electron chi connectivity index (χ4n) is 1.95. The Morgan fingerprint density at radius 3 is 2.15 bits per heavy atom. The summed E-state index contributed by atoms with van der Waals surface area (Å²) < 4.78 is 15.6. The van der Waals surface area contributed by atoms with Gasteiger partial charge in [0, 0.05) is 6.61 Å². The second-order valence-corrected chi connectivity index (χ2v) is 5.50. The summed E-state index contributed by atoms with van der Waals surface area (Å²) in [6.07, 6.45) is 3.99. The third-order valence-corrected chi connectivity index (χ3v) is 3.79. The Bertz CT molecular complexity index is 346. The number of esters is 1. The van der Waals surface area contributed by atoms with Gasteiger partial charge in [0.1, 0.15) is 6.61 Å². The Kier molecular flexibility index (Phi) is 5.37. The molecule has 2 aliphatic rings. The van der Waals surface area contributed by atoms with E-state index in [1.54, 1.807) is 0 Å². The lowest BCUT2D eigenvalue weighted by Gasteiger charge is -2.10. The van der Waals surface area contributed by atoms with Crippen molar-refractivity contribution in [2.75, 3.05) is 33.0 Å². The molecule has 0 saturated heterocycles. The Balaban J connectivity index is 1.35. The number of carbonyl (C=O) groups is 2. The zero-order chi connectivity index (χ0) is 14.4. The van der Waals surface area contributed by atoms with Crippen LogP contribution in [0.5, 0.6) is 0 Å². The minimum Gasteiger partial charge on any atom is -0.481 e. The van der Waals surface area contributed by atoms with Gasteiger partial charge in [-0.15, -0.1) is 0 Å². The molecule has 20 heavy (non-hydrogen) atoms. The lowest BCUT2D eigenvalue weighted by atomic mass is 10.0. The third-order valence-electron chi connectivity index (χ3n) is 3.79. The second kappa shape index (κ2) is 7.04. The minimum atomic E-state index is -0.713. The molecule has 2 aliphatic carbocycles. The molecule has 0 unspecified atom stereocenters. The third kappa shape index (κ3) is 4.76. The van der Waals surface area contributed by atoms with Gasteiger partial charge in [0.05, 0.1) is 31.2 Å². The smallest absolute Gasteiger partial charge is 0.309 e. The molecule has 0 aromatic heterocycles. The van der Waals surface area contributed by atoms with E-state index in [2.05, 4.69) is 0 Å². The summed E-state index contributed by atoms with van der Waals surface area (Å²) >= 11 is 0. The van der Waals surface area contributed by atoms with Gasteiger partial charge in [-0.1, -0.05) is 0 Å². The number of carbonyl (C=O) groups excluding carboxylic acids is 1. The maximum atomic E-state index is 11.2. The van der Waals surface area contributed by atoms with Gasteiger partial charge in [0.15, 0.2) is 0 Å². The molecule has 2 rings (SSSR count). The highest BCUT2D eigenvalue weighted by atomic mass is 16.6. The van der Waals surface area contributed by atoms with Gasteiger partial charge >= 0.3 is 11.9 Å². The average molecular weight is 286 g/mol. The molecule has 0 spiro atoms. The summed E-state index contributed by atoms with van der Waals surface area (Å²) in [5.74, 6) is -0.703. The summed E-state index contributed by atoms with van der Waals surface area (Å²) in [6, 6.07) is 0. The Hall–Kier alpha value is -1.14. The van der Waals surface area contributed by atoms with E-state index in [0.717, 1.165) is 25.7 Å². The molecule has 0 bridgehead atoms. The molecule has 0 radical (unpaired) electrons. The van der Waals surface area contributed by atoms with Crippen LogP contribution in [0.25, 0.3) is 0 Å². The van der Waals surface area contributed by atoms with Crippen molar-refractivity contribution >= 4 is 11.9 Å². The Labute approximate surface area is 118 Å². The summed E-state index contributed by atoms with van der Waals surface area (Å²) in [4.78, 5) is 22.1. The first-order valence-electron chi connectivity index (χ1n) is 7.20. The van der Waals surface area contributed by atoms with Crippen molar-refractivity contribution in [2.24, 2.45) is 11.3 Å². The molecule has 6 heteroatoms. The van der Waals surface area contributed by atoms with Gasteiger partial charge in [0.2, 0.25) is 0 Å². The Morgan fingerprint density at radius 1 is 1.00 bits per heavy atom. The molecule has 2 saturated carbocycles. The predicted octanol–water partition coefficient (Wildman–Crippen LogP) is 1.23. The summed E-state index contributed by atoms with van der Waals surface area (Å²) in [6.45, 7) is 1.98. The molecule has 0 aromatic rings. The highest BCUT2D eigenvalue weighted by molar-refractivity contribution is 5.77. The van der Waals surface area contributed by atoms with E-state index < -0.39 is 11.4 Å². The quantitative estimate of drug-likeness (QED) is 0.454. The predicted molar refractivity (Wildman–Crippen MR) is 69.2 cm³/mol. The van der Waals surface area contributed by atoms with E-state index in [4.69, 9.17) is 19.3 Å². The number of ether oxygens (including phenoxy) is 3. The average Bonchev–Trinajstić information content (AvgIpc) is 3.28.